The van der Waals surface area contributed by atoms with Gasteiger partial charge in [-0.15, -0.1) is 0 Å². The number of aliphatic hydroxyl groups is 1. The van der Waals surface area contributed by atoms with E-state index in [1.165, 1.54) is 6.42 Å². The van der Waals surface area contributed by atoms with Gasteiger partial charge in [-0.3, -0.25) is 0 Å². The fraction of sp³-hybridized carbons (Fsp3) is 1.00. The van der Waals surface area contributed by atoms with Crippen LogP contribution >= 0.6 is 0 Å². The molecule has 0 aromatic carbocycles. The molecule has 0 amide bonds. The SMILES string of the molecule is CC1(C2CCC3C4C[C@@H](O)[C@@H]5CC6(CCC5(C)C4[C@H](O[Si](C)(C)C(C)(C)C)CC32C)OCCO6)OCCO1. The van der Waals surface area contributed by atoms with Crippen molar-refractivity contribution in [2.24, 2.45) is 40.4 Å². The maximum absolute atomic E-state index is 11.8. The zero-order valence-corrected chi connectivity index (χ0v) is 26.3. The van der Waals surface area contributed by atoms with Crippen LogP contribution < -0.4 is 0 Å². The second-order valence-electron chi connectivity index (χ2n) is 16.0. The van der Waals surface area contributed by atoms with Gasteiger partial charge in [0.05, 0.1) is 32.5 Å². The Morgan fingerprint density at radius 2 is 1.45 bits per heavy atom. The van der Waals surface area contributed by atoms with Crippen LogP contribution in [0.15, 0.2) is 0 Å². The molecular weight excluding hydrogens is 496 g/mol. The van der Waals surface area contributed by atoms with Crippen molar-refractivity contribution in [3.05, 3.63) is 0 Å². The maximum Gasteiger partial charge on any atom is 0.192 e. The first-order valence-electron chi connectivity index (χ1n) is 15.6. The minimum atomic E-state index is -2.03. The van der Waals surface area contributed by atoms with Crippen molar-refractivity contribution in [2.75, 3.05) is 26.4 Å². The van der Waals surface area contributed by atoms with Gasteiger partial charge in [0, 0.05) is 24.9 Å². The minimum absolute atomic E-state index is 0.0135. The molecule has 4 saturated carbocycles. The van der Waals surface area contributed by atoms with Crippen LogP contribution in [0.25, 0.3) is 0 Å². The molecule has 6 rings (SSSR count). The highest BCUT2D eigenvalue weighted by Crippen LogP contribution is 2.70. The van der Waals surface area contributed by atoms with Gasteiger partial charge in [0.25, 0.3) is 0 Å². The molecule has 2 heterocycles. The van der Waals surface area contributed by atoms with E-state index in [9.17, 15) is 5.11 Å². The topological polar surface area (TPSA) is 66.4 Å². The van der Waals surface area contributed by atoms with Gasteiger partial charge in [0.2, 0.25) is 0 Å². The summed E-state index contributed by atoms with van der Waals surface area (Å²) < 4.78 is 32.5. The van der Waals surface area contributed by atoms with Crippen molar-refractivity contribution in [2.45, 2.75) is 128 Å². The van der Waals surface area contributed by atoms with Crippen LogP contribution in [0.2, 0.25) is 18.1 Å². The Bertz CT molecular complexity index is 905. The summed E-state index contributed by atoms with van der Waals surface area (Å²) in [6.07, 6.45) is 6.89. The molecule has 1 N–H and O–H groups in total. The predicted molar refractivity (Wildman–Crippen MR) is 149 cm³/mol. The molecule has 0 aromatic heterocycles. The Kier molecular flexibility index (Phi) is 6.65. The molecule has 4 aliphatic carbocycles. The Balaban J connectivity index is 1.39. The lowest BCUT2D eigenvalue weighted by Gasteiger charge is -2.66. The molecule has 7 heteroatoms. The van der Waals surface area contributed by atoms with Gasteiger partial charge in [0.1, 0.15) is 0 Å². The van der Waals surface area contributed by atoms with Crippen molar-refractivity contribution in [1.82, 2.24) is 0 Å². The molecule has 0 radical (unpaired) electrons. The summed E-state index contributed by atoms with van der Waals surface area (Å²) in [5.74, 6) is 0.998. The van der Waals surface area contributed by atoms with E-state index in [-0.39, 0.29) is 34.0 Å². The van der Waals surface area contributed by atoms with E-state index in [1.807, 2.05) is 0 Å². The molecule has 2 aliphatic heterocycles. The third-order valence-electron chi connectivity index (χ3n) is 13.2. The second-order valence-corrected chi connectivity index (χ2v) is 20.7. The fourth-order valence-corrected chi connectivity index (χ4v) is 11.7. The van der Waals surface area contributed by atoms with Gasteiger partial charge >= 0.3 is 0 Å². The zero-order valence-electron chi connectivity index (χ0n) is 25.3. The van der Waals surface area contributed by atoms with Gasteiger partial charge in [0.15, 0.2) is 19.9 Å². The van der Waals surface area contributed by atoms with E-state index < -0.39 is 19.9 Å². The Morgan fingerprint density at radius 1 is 0.816 bits per heavy atom. The minimum Gasteiger partial charge on any atom is -0.414 e. The maximum atomic E-state index is 11.8. The van der Waals surface area contributed by atoms with Gasteiger partial charge in [-0.1, -0.05) is 34.6 Å². The number of ether oxygens (including phenoxy) is 4. The van der Waals surface area contributed by atoms with Crippen molar-refractivity contribution in [3.63, 3.8) is 0 Å². The molecule has 6 nitrogen and oxygen atoms in total. The van der Waals surface area contributed by atoms with E-state index in [2.05, 4.69) is 54.6 Å². The Morgan fingerprint density at radius 3 is 2.08 bits per heavy atom. The van der Waals surface area contributed by atoms with E-state index in [4.69, 9.17) is 23.4 Å². The van der Waals surface area contributed by atoms with Crippen LogP contribution in [0, 0.1) is 40.4 Å². The highest BCUT2D eigenvalue weighted by molar-refractivity contribution is 6.74. The highest BCUT2D eigenvalue weighted by Gasteiger charge is 2.69. The molecule has 1 spiro atoms. The number of fused-ring (bicyclic) bond motifs is 5. The first kappa shape index (κ1) is 28.1. The normalized spacial score (nSPS) is 48.1. The Labute approximate surface area is 232 Å². The molecule has 6 unspecified atom stereocenters. The third-order valence-corrected chi connectivity index (χ3v) is 17.7. The Hall–Kier alpha value is -0.0231. The van der Waals surface area contributed by atoms with Crippen molar-refractivity contribution in [1.29, 1.82) is 0 Å². The molecule has 38 heavy (non-hydrogen) atoms. The van der Waals surface area contributed by atoms with Crippen molar-refractivity contribution >= 4 is 8.32 Å². The second kappa shape index (κ2) is 8.99. The summed E-state index contributed by atoms with van der Waals surface area (Å²) in [5, 5.41) is 12.0. The molecule has 2 saturated heterocycles. The van der Waals surface area contributed by atoms with Gasteiger partial charge in [-0.25, -0.2) is 0 Å². The average molecular weight is 551 g/mol. The molecule has 9 atom stereocenters. The van der Waals surface area contributed by atoms with E-state index in [0.717, 1.165) is 38.5 Å². The van der Waals surface area contributed by atoms with E-state index >= 15 is 0 Å². The number of rotatable bonds is 3. The highest BCUT2D eigenvalue weighted by atomic mass is 28.4. The lowest BCUT2D eigenvalue weighted by molar-refractivity contribution is -0.268. The number of aliphatic hydroxyl groups excluding tert-OH is 1. The number of hydrogen-bond donors (Lipinski definition) is 1. The summed E-state index contributed by atoms with van der Waals surface area (Å²) in [4.78, 5) is 0. The van der Waals surface area contributed by atoms with Gasteiger partial charge in [-0.2, -0.15) is 0 Å². The van der Waals surface area contributed by atoms with Crippen LogP contribution in [-0.4, -0.2) is 63.6 Å². The first-order chi connectivity index (χ1) is 17.6. The monoisotopic (exact) mass is 550 g/mol. The molecular formula is C31H54O6Si. The predicted octanol–water partition coefficient (Wildman–Crippen LogP) is 6.12. The summed E-state index contributed by atoms with van der Waals surface area (Å²) in [6.45, 7) is 21.8. The van der Waals surface area contributed by atoms with Crippen LogP contribution in [-0.2, 0) is 23.4 Å². The first-order valence-corrected chi connectivity index (χ1v) is 18.5. The standard InChI is InChI=1S/C31H54O6Si/c1-27(2,3)38(7,8)37-24-19-29(5)21(9-10-25(29)30(6)33-13-14-34-30)20-17-23(32)22-18-31(35-15-16-36-31)12-11-28(22,4)26(20)24/h20-26,32H,9-19H2,1-8H3/t20?,21?,22-,23+,24+,25?,26?,28?,29?/m0/s1. The van der Waals surface area contributed by atoms with E-state index in [0.29, 0.717) is 50.1 Å². The van der Waals surface area contributed by atoms with Crippen molar-refractivity contribution < 1.29 is 28.5 Å². The molecule has 6 fully saturated rings. The average Bonchev–Trinajstić information content (AvgIpc) is 3.53. The summed E-state index contributed by atoms with van der Waals surface area (Å²) in [5.41, 5.74) is 0.0867. The van der Waals surface area contributed by atoms with E-state index in [1.54, 1.807) is 0 Å². The van der Waals surface area contributed by atoms with Gasteiger partial charge in [-0.05, 0) is 91.7 Å². The molecule has 6 aliphatic rings. The molecule has 0 aromatic rings. The summed E-state index contributed by atoms with van der Waals surface area (Å²) >= 11 is 0. The van der Waals surface area contributed by atoms with Crippen molar-refractivity contribution in [3.8, 4) is 0 Å². The van der Waals surface area contributed by atoms with Crippen LogP contribution in [0.5, 0.6) is 0 Å². The van der Waals surface area contributed by atoms with Gasteiger partial charge < -0.3 is 28.5 Å². The lowest BCUT2D eigenvalue weighted by atomic mass is 9.43. The lowest BCUT2D eigenvalue weighted by Crippen LogP contribution is -2.66. The van der Waals surface area contributed by atoms with Crippen LogP contribution in [0.3, 0.4) is 0 Å². The summed E-state index contributed by atoms with van der Waals surface area (Å²) in [7, 11) is -2.03. The third kappa shape index (κ3) is 4.07. The number of hydrogen-bond acceptors (Lipinski definition) is 6. The quantitative estimate of drug-likeness (QED) is 0.427. The molecule has 218 valence electrons. The van der Waals surface area contributed by atoms with Crippen LogP contribution in [0.1, 0.15) is 86.5 Å². The summed E-state index contributed by atoms with van der Waals surface area (Å²) in [6, 6.07) is 0. The zero-order chi connectivity index (χ0) is 27.4. The molecule has 0 bridgehead atoms. The smallest absolute Gasteiger partial charge is 0.192 e. The van der Waals surface area contributed by atoms with Crippen LogP contribution in [0.4, 0.5) is 0 Å². The fourth-order valence-electron chi connectivity index (χ4n) is 10.3. The largest absolute Gasteiger partial charge is 0.414 e.